The first-order chi connectivity index (χ1) is 10.2. The highest BCUT2D eigenvalue weighted by atomic mass is 32.2. The number of nitrogens with one attached hydrogen (secondary N) is 1. The number of rotatable bonds is 5. The molecule has 0 fully saturated rings. The van der Waals surface area contributed by atoms with Crippen molar-refractivity contribution in [2.45, 2.75) is 4.90 Å². The largest absolute Gasteiger partial charge is 0.466 e. The number of carbonyl (C=O) groups is 1. The lowest BCUT2D eigenvalue weighted by Gasteiger charge is -2.06. The molecule has 0 saturated heterocycles. The third kappa shape index (κ3) is 4.57. The molecule has 0 aromatic heterocycles. The van der Waals surface area contributed by atoms with Gasteiger partial charge in [0, 0.05) is 11.8 Å². The van der Waals surface area contributed by atoms with Gasteiger partial charge in [-0.1, -0.05) is 30.3 Å². The van der Waals surface area contributed by atoms with Crippen LogP contribution >= 0.6 is 0 Å². The van der Waals surface area contributed by atoms with E-state index in [9.17, 15) is 9.00 Å². The van der Waals surface area contributed by atoms with Crippen LogP contribution < -0.4 is 4.72 Å². The van der Waals surface area contributed by atoms with E-state index in [4.69, 9.17) is 0 Å². The molecule has 2 rings (SSSR count). The van der Waals surface area contributed by atoms with Gasteiger partial charge in [-0.25, -0.2) is 9.00 Å². The molecule has 2 aromatic carbocycles. The molecule has 1 atom stereocenters. The van der Waals surface area contributed by atoms with Crippen LogP contribution in [-0.2, 0) is 20.5 Å². The van der Waals surface area contributed by atoms with E-state index in [2.05, 4.69) is 9.46 Å². The molecule has 108 valence electrons. The zero-order chi connectivity index (χ0) is 15.1. The van der Waals surface area contributed by atoms with Crippen LogP contribution in [0.5, 0.6) is 0 Å². The van der Waals surface area contributed by atoms with Gasteiger partial charge >= 0.3 is 5.97 Å². The molecule has 0 aliphatic carbocycles. The third-order valence-electron chi connectivity index (χ3n) is 2.67. The van der Waals surface area contributed by atoms with Gasteiger partial charge in [0.1, 0.15) is 11.0 Å². The van der Waals surface area contributed by atoms with E-state index in [0.29, 0.717) is 10.6 Å². The van der Waals surface area contributed by atoms with Crippen molar-refractivity contribution in [3.8, 4) is 0 Å². The summed E-state index contributed by atoms with van der Waals surface area (Å²) in [4.78, 5) is 11.8. The van der Waals surface area contributed by atoms with Crippen molar-refractivity contribution < 1.29 is 13.7 Å². The van der Waals surface area contributed by atoms with Crippen LogP contribution in [0.3, 0.4) is 0 Å². The van der Waals surface area contributed by atoms with Gasteiger partial charge in [0.2, 0.25) is 0 Å². The van der Waals surface area contributed by atoms with E-state index in [1.165, 1.54) is 13.2 Å². The zero-order valence-electron chi connectivity index (χ0n) is 11.5. The summed E-state index contributed by atoms with van der Waals surface area (Å²) in [5.41, 5.74) is 1.53. The molecule has 0 aliphatic rings. The molecule has 0 radical (unpaired) electrons. The molecule has 0 amide bonds. The van der Waals surface area contributed by atoms with Crippen molar-refractivity contribution >= 4 is 28.7 Å². The first-order valence-corrected chi connectivity index (χ1v) is 7.43. The number of carbonyl (C=O) groups excluding carboxylic acids is 1. The summed E-state index contributed by atoms with van der Waals surface area (Å²) < 4.78 is 19.6. The minimum atomic E-state index is -1.32. The standard InChI is InChI=1S/C16H15NO3S/c1-20-16(18)11-10-13-6-5-7-14(12-13)17-21(19)15-8-3-2-4-9-15/h2-12,17H,1H3/b11-10+. The predicted octanol–water partition coefficient (Wildman–Crippen LogP) is 3.01. The maximum atomic E-state index is 12.1. The smallest absolute Gasteiger partial charge is 0.330 e. The van der Waals surface area contributed by atoms with Crippen LogP contribution in [-0.4, -0.2) is 17.3 Å². The Morgan fingerprint density at radius 2 is 1.90 bits per heavy atom. The number of anilines is 1. The number of benzene rings is 2. The molecular formula is C16H15NO3S. The normalized spacial score (nSPS) is 12.0. The number of ether oxygens (including phenoxy) is 1. The first kappa shape index (κ1) is 15.0. The number of hydrogen-bond acceptors (Lipinski definition) is 3. The summed E-state index contributed by atoms with van der Waals surface area (Å²) in [5.74, 6) is -0.416. The zero-order valence-corrected chi connectivity index (χ0v) is 12.3. The fourth-order valence-corrected chi connectivity index (χ4v) is 2.51. The van der Waals surface area contributed by atoms with Gasteiger partial charge in [-0.15, -0.1) is 0 Å². The lowest BCUT2D eigenvalue weighted by molar-refractivity contribution is -0.134. The van der Waals surface area contributed by atoms with Crippen molar-refractivity contribution in [2.75, 3.05) is 11.8 Å². The highest BCUT2D eigenvalue weighted by Gasteiger charge is 2.03. The molecule has 0 spiro atoms. The minimum absolute atomic E-state index is 0.416. The molecule has 1 unspecified atom stereocenters. The fourth-order valence-electron chi connectivity index (χ4n) is 1.65. The molecule has 4 nitrogen and oxygen atoms in total. The Kier molecular flexibility index (Phi) is 5.29. The van der Waals surface area contributed by atoms with Gasteiger partial charge < -0.3 is 9.46 Å². The van der Waals surface area contributed by atoms with Gasteiger partial charge in [-0.2, -0.15) is 0 Å². The summed E-state index contributed by atoms with van der Waals surface area (Å²) in [5, 5.41) is 0. The number of hydrogen-bond donors (Lipinski definition) is 1. The first-order valence-electron chi connectivity index (χ1n) is 6.28. The van der Waals surface area contributed by atoms with E-state index in [1.54, 1.807) is 24.3 Å². The van der Waals surface area contributed by atoms with Crippen molar-refractivity contribution in [2.24, 2.45) is 0 Å². The van der Waals surface area contributed by atoms with Gasteiger partial charge in [0.05, 0.1) is 12.0 Å². The minimum Gasteiger partial charge on any atom is -0.466 e. The molecule has 21 heavy (non-hydrogen) atoms. The Balaban J connectivity index is 2.09. The number of esters is 1. The van der Waals surface area contributed by atoms with E-state index < -0.39 is 17.0 Å². The van der Waals surface area contributed by atoms with Crippen molar-refractivity contribution in [1.82, 2.24) is 0 Å². The quantitative estimate of drug-likeness (QED) is 0.682. The maximum absolute atomic E-state index is 12.1. The SMILES string of the molecule is COC(=O)/C=C/c1cccc(NS(=O)c2ccccc2)c1. The van der Waals surface area contributed by atoms with Crippen LogP contribution in [0.15, 0.2) is 65.6 Å². The molecule has 1 N–H and O–H groups in total. The fraction of sp³-hybridized carbons (Fsp3) is 0.0625. The topological polar surface area (TPSA) is 55.4 Å². The Hall–Kier alpha value is -2.40. The molecule has 5 heteroatoms. The van der Waals surface area contributed by atoms with Crippen LogP contribution in [0.1, 0.15) is 5.56 Å². The summed E-state index contributed by atoms with van der Waals surface area (Å²) in [6.07, 6.45) is 2.98. The van der Waals surface area contributed by atoms with Gasteiger partial charge in [0.25, 0.3) is 0 Å². The predicted molar refractivity (Wildman–Crippen MR) is 84.0 cm³/mol. The second-order valence-corrected chi connectivity index (χ2v) is 5.38. The Labute approximate surface area is 126 Å². The highest BCUT2D eigenvalue weighted by Crippen LogP contribution is 2.15. The molecule has 0 heterocycles. The van der Waals surface area contributed by atoms with Crippen LogP contribution in [0.25, 0.3) is 6.08 Å². The van der Waals surface area contributed by atoms with Gasteiger partial charge in [-0.3, -0.25) is 0 Å². The molecule has 0 bridgehead atoms. The summed E-state index contributed by atoms with van der Waals surface area (Å²) in [6.45, 7) is 0. The average Bonchev–Trinajstić information content (AvgIpc) is 2.53. The van der Waals surface area contributed by atoms with Crippen molar-refractivity contribution in [3.63, 3.8) is 0 Å². The third-order valence-corrected chi connectivity index (χ3v) is 3.79. The van der Waals surface area contributed by atoms with Gasteiger partial charge in [-0.05, 0) is 35.9 Å². The van der Waals surface area contributed by atoms with Crippen LogP contribution in [0.2, 0.25) is 0 Å². The lowest BCUT2D eigenvalue weighted by Crippen LogP contribution is -2.04. The Morgan fingerprint density at radius 1 is 1.14 bits per heavy atom. The van der Waals surface area contributed by atoms with Crippen LogP contribution in [0.4, 0.5) is 5.69 Å². The monoisotopic (exact) mass is 301 g/mol. The van der Waals surface area contributed by atoms with E-state index >= 15 is 0 Å². The highest BCUT2D eigenvalue weighted by molar-refractivity contribution is 7.86. The Bertz CT molecular complexity index is 668. The van der Waals surface area contributed by atoms with Crippen LogP contribution in [0, 0.1) is 0 Å². The second-order valence-electron chi connectivity index (χ2n) is 4.17. The number of methoxy groups -OCH3 is 1. The molecular weight excluding hydrogens is 286 g/mol. The van der Waals surface area contributed by atoms with E-state index in [1.807, 2.05) is 36.4 Å². The van der Waals surface area contributed by atoms with Gasteiger partial charge in [0.15, 0.2) is 0 Å². The Morgan fingerprint density at radius 3 is 2.62 bits per heavy atom. The molecule has 0 aliphatic heterocycles. The van der Waals surface area contributed by atoms with Crippen molar-refractivity contribution in [1.29, 1.82) is 0 Å². The average molecular weight is 301 g/mol. The maximum Gasteiger partial charge on any atom is 0.330 e. The summed E-state index contributed by atoms with van der Waals surface area (Å²) in [7, 11) is 0.00434. The van der Waals surface area contributed by atoms with E-state index in [-0.39, 0.29) is 0 Å². The summed E-state index contributed by atoms with van der Waals surface area (Å²) >= 11 is 0. The second kappa shape index (κ2) is 7.40. The molecule has 2 aromatic rings. The van der Waals surface area contributed by atoms with Crippen molar-refractivity contribution in [3.05, 3.63) is 66.2 Å². The summed E-state index contributed by atoms with van der Waals surface area (Å²) in [6, 6.07) is 16.4. The lowest BCUT2D eigenvalue weighted by atomic mass is 10.2. The molecule has 0 saturated carbocycles. The van der Waals surface area contributed by atoms with E-state index in [0.717, 1.165) is 5.56 Å².